The minimum Gasteiger partial charge on any atom is -0.396 e. The van der Waals surface area contributed by atoms with E-state index in [1.807, 2.05) is 13.0 Å². The van der Waals surface area contributed by atoms with Crippen molar-refractivity contribution in [1.29, 1.82) is 0 Å². The van der Waals surface area contributed by atoms with Gasteiger partial charge in [-0.3, -0.25) is 4.79 Å². The molecule has 1 aliphatic carbocycles. The Kier molecular flexibility index (Phi) is 8.96. The Morgan fingerprint density at radius 1 is 1.23 bits per heavy atom. The number of aliphatic hydroxyl groups is 2. The first-order chi connectivity index (χ1) is 10.5. The highest BCUT2D eigenvalue weighted by Crippen LogP contribution is 2.34. The van der Waals surface area contributed by atoms with Crippen molar-refractivity contribution >= 4 is 5.78 Å². The van der Waals surface area contributed by atoms with Crippen LogP contribution in [-0.4, -0.2) is 28.2 Å². The lowest BCUT2D eigenvalue weighted by Crippen LogP contribution is -2.21. The third-order valence-corrected chi connectivity index (χ3v) is 4.79. The molecule has 0 aromatic heterocycles. The van der Waals surface area contributed by atoms with Crippen molar-refractivity contribution in [2.45, 2.75) is 83.7 Å². The summed E-state index contributed by atoms with van der Waals surface area (Å²) in [6.45, 7) is 4.20. The Labute approximate surface area is 135 Å². The van der Waals surface area contributed by atoms with E-state index in [2.05, 4.69) is 13.0 Å². The molecule has 128 valence electrons. The van der Waals surface area contributed by atoms with Crippen LogP contribution in [0, 0.1) is 11.8 Å². The number of Topliss-reactive ketones (excluding diaryl/α,β-unsaturated/α-hetero) is 1. The van der Waals surface area contributed by atoms with Gasteiger partial charge >= 0.3 is 0 Å². The van der Waals surface area contributed by atoms with Gasteiger partial charge in [-0.25, -0.2) is 0 Å². The normalized spacial score (nSPS) is 25.0. The van der Waals surface area contributed by atoms with Gasteiger partial charge in [-0.1, -0.05) is 51.2 Å². The minimum absolute atomic E-state index is 0.159. The van der Waals surface area contributed by atoms with Gasteiger partial charge in [0.25, 0.3) is 0 Å². The molecule has 3 nitrogen and oxygen atoms in total. The first-order valence-electron chi connectivity index (χ1n) is 9.05. The molecule has 3 heteroatoms. The molecular weight excluding hydrogens is 276 g/mol. The van der Waals surface area contributed by atoms with E-state index in [0.717, 1.165) is 57.8 Å². The zero-order valence-electron chi connectivity index (χ0n) is 14.4. The SMILES string of the molecule is CCCC(C)(O)C=CC1CCC(=O)C1CCCCCCCO. The number of hydrogen-bond donors (Lipinski definition) is 2. The Hall–Kier alpha value is -0.670. The van der Waals surface area contributed by atoms with Crippen LogP contribution < -0.4 is 0 Å². The molecule has 2 N–H and O–H groups in total. The summed E-state index contributed by atoms with van der Waals surface area (Å²) in [6, 6.07) is 0. The van der Waals surface area contributed by atoms with Gasteiger partial charge in [0.15, 0.2) is 0 Å². The van der Waals surface area contributed by atoms with Gasteiger partial charge < -0.3 is 10.2 Å². The molecule has 0 spiro atoms. The van der Waals surface area contributed by atoms with Crippen LogP contribution in [-0.2, 0) is 4.79 Å². The number of allylic oxidation sites excluding steroid dienone is 1. The molecule has 1 saturated carbocycles. The second-order valence-corrected chi connectivity index (χ2v) is 7.02. The largest absolute Gasteiger partial charge is 0.396 e. The summed E-state index contributed by atoms with van der Waals surface area (Å²) in [6.07, 6.45) is 13.7. The first kappa shape index (κ1) is 19.4. The summed E-state index contributed by atoms with van der Waals surface area (Å²) in [5.41, 5.74) is -0.741. The number of hydrogen-bond acceptors (Lipinski definition) is 3. The van der Waals surface area contributed by atoms with Crippen LogP contribution in [0.4, 0.5) is 0 Å². The van der Waals surface area contributed by atoms with Crippen LogP contribution in [0.3, 0.4) is 0 Å². The highest BCUT2D eigenvalue weighted by atomic mass is 16.3. The van der Waals surface area contributed by atoms with Crippen LogP contribution in [0.2, 0.25) is 0 Å². The van der Waals surface area contributed by atoms with Crippen molar-refractivity contribution in [2.75, 3.05) is 6.61 Å². The summed E-state index contributed by atoms with van der Waals surface area (Å²) in [7, 11) is 0. The topological polar surface area (TPSA) is 57.5 Å². The lowest BCUT2D eigenvalue weighted by molar-refractivity contribution is -0.121. The van der Waals surface area contributed by atoms with Crippen LogP contribution in [0.1, 0.15) is 78.1 Å². The summed E-state index contributed by atoms with van der Waals surface area (Å²) in [5, 5.41) is 19.0. The molecule has 3 atom stereocenters. The lowest BCUT2D eigenvalue weighted by atomic mass is 9.88. The molecule has 0 saturated heterocycles. The Morgan fingerprint density at radius 3 is 2.59 bits per heavy atom. The predicted molar refractivity (Wildman–Crippen MR) is 90.7 cm³/mol. The first-order valence-corrected chi connectivity index (χ1v) is 9.05. The van der Waals surface area contributed by atoms with Crippen LogP contribution in [0.25, 0.3) is 0 Å². The molecule has 0 aromatic carbocycles. The van der Waals surface area contributed by atoms with Crippen molar-refractivity contribution in [1.82, 2.24) is 0 Å². The highest BCUT2D eigenvalue weighted by molar-refractivity contribution is 5.83. The Balaban J connectivity index is 2.39. The second kappa shape index (κ2) is 10.2. The van der Waals surface area contributed by atoms with E-state index < -0.39 is 5.60 Å². The summed E-state index contributed by atoms with van der Waals surface area (Å²) < 4.78 is 0. The predicted octanol–water partition coefficient (Wildman–Crippen LogP) is 4.02. The average molecular weight is 310 g/mol. The molecule has 1 aliphatic rings. The minimum atomic E-state index is -0.741. The van der Waals surface area contributed by atoms with Crippen LogP contribution in [0.15, 0.2) is 12.2 Å². The maximum atomic E-state index is 12.1. The summed E-state index contributed by atoms with van der Waals surface area (Å²) in [4.78, 5) is 12.1. The molecule has 22 heavy (non-hydrogen) atoms. The molecule has 0 aliphatic heterocycles. The second-order valence-electron chi connectivity index (χ2n) is 7.02. The van der Waals surface area contributed by atoms with E-state index in [1.165, 1.54) is 0 Å². The van der Waals surface area contributed by atoms with Crippen LogP contribution in [0.5, 0.6) is 0 Å². The quantitative estimate of drug-likeness (QED) is 0.447. The molecular formula is C19H34O3. The maximum absolute atomic E-state index is 12.1. The standard InChI is InChI=1S/C19H34O3/c1-3-13-19(2,22)14-12-16-10-11-18(21)17(16)9-7-5-4-6-8-15-20/h12,14,16-17,20,22H,3-11,13,15H2,1-2H3. The van der Waals surface area contributed by atoms with Crippen molar-refractivity contribution < 1.29 is 15.0 Å². The average Bonchev–Trinajstić information content (AvgIpc) is 2.81. The molecule has 0 heterocycles. The molecule has 0 aromatic rings. The molecule has 0 amide bonds. The Morgan fingerprint density at radius 2 is 1.91 bits per heavy atom. The molecule has 1 fully saturated rings. The Bertz CT molecular complexity index is 347. The molecule has 3 unspecified atom stereocenters. The van der Waals surface area contributed by atoms with Crippen molar-refractivity contribution in [2.24, 2.45) is 11.8 Å². The fraction of sp³-hybridized carbons (Fsp3) is 0.842. The summed E-state index contributed by atoms with van der Waals surface area (Å²) in [5.74, 6) is 0.875. The lowest BCUT2D eigenvalue weighted by Gasteiger charge is -2.20. The third-order valence-electron chi connectivity index (χ3n) is 4.79. The van der Waals surface area contributed by atoms with Gasteiger partial charge in [0.05, 0.1) is 5.60 Å². The summed E-state index contributed by atoms with van der Waals surface area (Å²) >= 11 is 0. The van der Waals surface area contributed by atoms with E-state index in [0.29, 0.717) is 18.1 Å². The van der Waals surface area contributed by atoms with Crippen molar-refractivity contribution in [3.63, 3.8) is 0 Å². The molecule has 0 radical (unpaired) electrons. The maximum Gasteiger partial charge on any atom is 0.136 e. The van der Waals surface area contributed by atoms with E-state index in [-0.39, 0.29) is 12.5 Å². The fourth-order valence-corrected chi connectivity index (χ4v) is 3.47. The fourth-order valence-electron chi connectivity index (χ4n) is 3.47. The van der Waals surface area contributed by atoms with E-state index in [9.17, 15) is 9.90 Å². The smallest absolute Gasteiger partial charge is 0.136 e. The van der Waals surface area contributed by atoms with Gasteiger partial charge in [0.2, 0.25) is 0 Å². The zero-order valence-corrected chi connectivity index (χ0v) is 14.4. The van der Waals surface area contributed by atoms with Gasteiger partial charge in [0, 0.05) is 18.9 Å². The number of aliphatic hydroxyl groups excluding tert-OH is 1. The van der Waals surface area contributed by atoms with E-state index in [4.69, 9.17) is 5.11 Å². The molecule has 0 bridgehead atoms. The van der Waals surface area contributed by atoms with Crippen molar-refractivity contribution in [3.8, 4) is 0 Å². The number of rotatable bonds is 11. The van der Waals surface area contributed by atoms with Gasteiger partial charge in [0.1, 0.15) is 5.78 Å². The van der Waals surface area contributed by atoms with Gasteiger partial charge in [-0.15, -0.1) is 0 Å². The van der Waals surface area contributed by atoms with Crippen molar-refractivity contribution in [3.05, 3.63) is 12.2 Å². The van der Waals surface area contributed by atoms with Gasteiger partial charge in [-0.2, -0.15) is 0 Å². The van der Waals surface area contributed by atoms with Crippen LogP contribution >= 0.6 is 0 Å². The number of ketones is 1. The molecule has 1 rings (SSSR count). The zero-order chi connectivity index (χ0) is 16.4. The highest BCUT2D eigenvalue weighted by Gasteiger charge is 2.32. The monoisotopic (exact) mass is 310 g/mol. The number of carbonyl (C=O) groups excluding carboxylic acids is 1. The van der Waals surface area contributed by atoms with E-state index in [1.54, 1.807) is 0 Å². The number of unbranched alkanes of at least 4 members (excludes halogenated alkanes) is 4. The van der Waals surface area contributed by atoms with Gasteiger partial charge in [-0.05, 0) is 38.5 Å². The third kappa shape index (κ3) is 7.06. The number of carbonyl (C=O) groups is 1. The van der Waals surface area contributed by atoms with E-state index >= 15 is 0 Å².